The summed E-state index contributed by atoms with van der Waals surface area (Å²) in [5, 5.41) is 0.914. The van der Waals surface area contributed by atoms with Crippen LogP contribution in [-0.2, 0) is 16.0 Å². The summed E-state index contributed by atoms with van der Waals surface area (Å²) in [6.07, 6.45) is 2.72. The van der Waals surface area contributed by atoms with Crippen LogP contribution in [0.4, 0.5) is 0 Å². The van der Waals surface area contributed by atoms with Gasteiger partial charge in [0.2, 0.25) is 0 Å². The number of unbranched alkanes of at least 4 members (excludes halogenated alkanes) is 1. The molecule has 0 spiro atoms. The Morgan fingerprint density at radius 3 is 2.71 bits per heavy atom. The van der Waals surface area contributed by atoms with E-state index in [0.717, 1.165) is 30.2 Å². The molecule has 0 unspecified atom stereocenters. The van der Waals surface area contributed by atoms with E-state index in [1.54, 1.807) is 26.0 Å². The zero-order valence-electron chi connectivity index (χ0n) is 14.7. The van der Waals surface area contributed by atoms with Crippen LogP contribution in [0.15, 0.2) is 27.4 Å². The first kappa shape index (κ1) is 18.0. The van der Waals surface area contributed by atoms with Crippen molar-refractivity contribution in [3.8, 4) is 5.75 Å². The standard InChI is InChI=1S/C19H24O5/c1-5-6-7-14-10-17(20)24-19-13(4)16(9-8-15(14)19)22-11-18(21)23-12(2)3/h8-10,12H,5-7,11H2,1-4H3. The second kappa shape index (κ2) is 7.99. The van der Waals surface area contributed by atoms with Crippen molar-refractivity contribution >= 4 is 16.9 Å². The average molecular weight is 332 g/mol. The summed E-state index contributed by atoms with van der Waals surface area (Å²) >= 11 is 0. The highest BCUT2D eigenvalue weighted by Gasteiger charge is 2.13. The van der Waals surface area contributed by atoms with E-state index in [4.69, 9.17) is 13.9 Å². The lowest BCUT2D eigenvalue weighted by atomic mass is 10.0. The van der Waals surface area contributed by atoms with E-state index in [2.05, 4.69) is 6.92 Å². The number of carbonyl (C=O) groups is 1. The number of fused-ring (bicyclic) bond motifs is 1. The van der Waals surface area contributed by atoms with Gasteiger partial charge in [-0.1, -0.05) is 13.3 Å². The molecule has 0 bridgehead atoms. The molecular formula is C19H24O5. The fourth-order valence-corrected chi connectivity index (χ4v) is 2.57. The molecule has 1 heterocycles. The molecule has 0 atom stereocenters. The summed E-state index contributed by atoms with van der Waals surface area (Å²) in [6.45, 7) is 7.32. The zero-order chi connectivity index (χ0) is 17.7. The van der Waals surface area contributed by atoms with Gasteiger partial charge in [0.05, 0.1) is 6.10 Å². The zero-order valence-corrected chi connectivity index (χ0v) is 14.7. The van der Waals surface area contributed by atoms with E-state index in [1.807, 2.05) is 13.0 Å². The minimum atomic E-state index is -0.428. The molecule has 0 N–H and O–H groups in total. The topological polar surface area (TPSA) is 65.7 Å². The van der Waals surface area contributed by atoms with Gasteiger partial charge in [-0.05, 0) is 51.3 Å². The van der Waals surface area contributed by atoms with Gasteiger partial charge in [0.15, 0.2) is 6.61 Å². The predicted octanol–water partition coefficient (Wildman–Crippen LogP) is 3.77. The molecule has 1 aromatic carbocycles. The maximum Gasteiger partial charge on any atom is 0.344 e. The summed E-state index contributed by atoms with van der Waals surface area (Å²) in [5.41, 5.74) is 1.84. The van der Waals surface area contributed by atoms with Crippen LogP contribution < -0.4 is 10.4 Å². The van der Waals surface area contributed by atoms with Gasteiger partial charge in [-0.15, -0.1) is 0 Å². The third kappa shape index (κ3) is 4.37. The first-order valence-corrected chi connectivity index (χ1v) is 8.31. The van der Waals surface area contributed by atoms with Gasteiger partial charge < -0.3 is 13.9 Å². The van der Waals surface area contributed by atoms with Crippen molar-refractivity contribution < 1.29 is 18.7 Å². The smallest absolute Gasteiger partial charge is 0.344 e. The molecule has 0 aliphatic rings. The molecule has 2 aromatic rings. The Labute approximate surface area is 141 Å². The number of hydrogen-bond acceptors (Lipinski definition) is 5. The van der Waals surface area contributed by atoms with E-state index in [1.165, 1.54) is 0 Å². The first-order chi connectivity index (χ1) is 11.4. The molecule has 24 heavy (non-hydrogen) atoms. The summed E-state index contributed by atoms with van der Waals surface area (Å²) in [7, 11) is 0. The van der Waals surface area contributed by atoms with Crippen LogP contribution in [0.2, 0.25) is 0 Å². The number of benzene rings is 1. The van der Waals surface area contributed by atoms with E-state index < -0.39 is 5.97 Å². The number of hydrogen-bond donors (Lipinski definition) is 0. The number of carbonyl (C=O) groups excluding carboxylic acids is 1. The van der Waals surface area contributed by atoms with E-state index in [0.29, 0.717) is 16.9 Å². The Hall–Kier alpha value is -2.30. The Bertz CT molecular complexity index is 773. The Kier molecular flexibility index (Phi) is 6.01. The Morgan fingerprint density at radius 2 is 2.04 bits per heavy atom. The largest absolute Gasteiger partial charge is 0.481 e. The van der Waals surface area contributed by atoms with E-state index >= 15 is 0 Å². The number of rotatable bonds is 7. The molecule has 0 aliphatic carbocycles. The van der Waals surface area contributed by atoms with Gasteiger partial charge >= 0.3 is 11.6 Å². The van der Waals surface area contributed by atoms with Gasteiger partial charge in [-0.2, -0.15) is 0 Å². The van der Waals surface area contributed by atoms with Crippen molar-refractivity contribution in [3.63, 3.8) is 0 Å². The normalized spacial score (nSPS) is 11.0. The van der Waals surface area contributed by atoms with Crippen LogP contribution >= 0.6 is 0 Å². The molecule has 2 rings (SSSR count). The quantitative estimate of drug-likeness (QED) is 0.570. The van der Waals surface area contributed by atoms with Gasteiger partial charge in [0.25, 0.3) is 0 Å². The molecule has 0 saturated carbocycles. The molecule has 5 nitrogen and oxygen atoms in total. The lowest BCUT2D eigenvalue weighted by Crippen LogP contribution is -2.19. The van der Waals surface area contributed by atoms with Crippen LogP contribution in [-0.4, -0.2) is 18.7 Å². The minimum absolute atomic E-state index is 0.176. The predicted molar refractivity (Wildman–Crippen MR) is 92.6 cm³/mol. The van der Waals surface area contributed by atoms with Crippen LogP contribution in [0.1, 0.15) is 44.7 Å². The Morgan fingerprint density at radius 1 is 1.29 bits per heavy atom. The highest BCUT2D eigenvalue weighted by molar-refractivity contribution is 5.85. The summed E-state index contributed by atoms with van der Waals surface area (Å²) in [5.74, 6) is 0.0849. The van der Waals surface area contributed by atoms with Crippen molar-refractivity contribution in [2.24, 2.45) is 0 Å². The highest BCUT2D eigenvalue weighted by Crippen LogP contribution is 2.29. The second-order valence-corrected chi connectivity index (χ2v) is 6.09. The minimum Gasteiger partial charge on any atom is -0.481 e. The van der Waals surface area contributed by atoms with Gasteiger partial charge in [0.1, 0.15) is 11.3 Å². The van der Waals surface area contributed by atoms with Crippen molar-refractivity contribution in [1.29, 1.82) is 0 Å². The Balaban J connectivity index is 2.29. The molecule has 0 aliphatic heterocycles. The molecule has 0 fully saturated rings. The third-order valence-electron chi connectivity index (χ3n) is 3.71. The fraction of sp³-hybridized carbons (Fsp3) is 0.474. The molecule has 0 radical (unpaired) electrons. The second-order valence-electron chi connectivity index (χ2n) is 6.09. The number of esters is 1. The summed E-state index contributed by atoms with van der Waals surface area (Å²) < 4.78 is 15.9. The van der Waals surface area contributed by atoms with Gasteiger partial charge in [-0.25, -0.2) is 9.59 Å². The molecule has 0 saturated heterocycles. The van der Waals surface area contributed by atoms with Crippen molar-refractivity contribution in [1.82, 2.24) is 0 Å². The highest BCUT2D eigenvalue weighted by atomic mass is 16.6. The number of aryl methyl sites for hydroxylation is 2. The van der Waals surface area contributed by atoms with Gasteiger partial charge in [-0.3, -0.25) is 0 Å². The summed E-state index contributed by atoms with van der Waals surface area (Å²) in [6, 6.07) is 5.23. The molecule has 130 valence electrons. The van der Waals surface area contributed by atoms with Crippen LogP contribution in [0, 0.1) is 6.92 Å². The van der Waals surface area contributed by atoms with E-state index in [-0.39, 0.29) is 18.3 Å². The third-order valence-corrected chi connectivity index (χ3v) is 3.71. The maximum absolute atomic E-state index is 11.8. The van der Waals surface area contributed by atoms with Crippen molar-refractivity contribution in [2.75, 3.05) is 6.61 Å². The average Bonchev–Trinajstić information content (AvgIpc) is 2.51. The van der Waals surface area contributed by atoms with Crippen molar-refractivity contribution in [2.45, 2.75) is 53.1 Å². The lowest BCUT2D eigenvalue weighted by Gasteiger charge is -2.13. The van der Waals surface area contributed by atoms with E-state index in [9.17, 15) is 9.59 Å². The SMILES string of the molecule is CCCCc1cc(=O)oc2c(C)c(OCC(=O)OC(C)C)ccc12. The first-order valence-electron chi connectivity index (χ1n) is 8.31. The molecule has 5 heteroatoms. The molecule has 0 amide bonds. The van der Waals surface area contributed by atoms with Crippen LogP contribution in [0.3, 0.4) is 0 Å². The van der Waals surface area contributed by atoms with Gasteiger partial charge in [0, 0.05) is 17.0 Å². The van der Waals surface area contributed by atoms with Crippen molar-refractivity contribution in [3.05, 3.63) is 39.7 Å². The van der Waals surface area contributed by atoms with Crippen LogP contribution in [0.5, 0.6) is 5.75 Å². The molecular weight excluding hydrogens is 308 g/mol. The lowest BCUT2D eigenvalue weighted by molar-refractivity contribution is -0.149. The summed E-state index contributed by atoms with van der Waals surface area (Å²) in [4.78, 5) is 23.4. The number of ether oxygens (including phenoxy) is 2. The van der Waals surface area contributed by atoms with Crippen LogP contribution in [0.25, 0.3) is 11.0 Å². The maximum atomic E-state index is 11.8. The molecule has 1 aromatic heterocycles. The monoisotopic (exact) mass is 332 g/mol. The fourth-order valence-electron chi connectivity index (χ4n) is 2.57.